The first-order valence-electron chi connectivity index (χ1n) is 7.23. The molecule has 3 nitrogen and oxygen atoms in total. The number of likely N-dealkylation sites (tertiary alicyclic amines) is 1. The standard InChI is InChI=1S/C16H22N2OS/c1-12-6-2-3-7-13(12)9-10-15(19)18-11-5-4-8-14(18)16(17)20/h2-3,6-7,14H,4-5,8-11H2,1H3,(H2,17,20). The zero-order valence-corrected chi connectivity index (χ0v) is 12.8. The van der Waals surface area contributed by atoms with Crippen molar-refractivity contribution < 1.29 is 4.79 Å². The fourth-order valence-electron chi connectivity index (χ4n) is 2.80. The predicted molar refractivity (Wildman–Crippen MR) is 85.6 cm³/mol. The number of hydrogen-bond donors (Lipinski definition) is 1. The molecule has 1 unspecified atom stereocenters. The van der Waals surface area contributed by atoms with Gasteiger partial charge in [0, 0.05) is 13.0 Å². The molecule has 1 atom stereocenters. The number of carbonyl (C=O) groups is 1. The highest BCUT2D eigenvalue weighted by Crippen LogP contribution is 2.19. The molecule has 108 valence electrons. The molecule has 0 radical (unpaired) electrons. The lowest BCUT2D eigenvalue weighted by molar-refractivity contribution is -0.133. The van der Waals surface area contributed by atoms with Gasteiger partial charge in [0.15, 0.2) is 0 Å². The minimum atomic E-state index is -0.0388. The summed E-state index contributed by atoms with van der Waals surface area (Å²) in [6.45, 7) is 2.87. The van der Waals surface area contributed by atoms with E-state index in [0.29, 0.717) is 11.4 Å². The average molecular weight is 290 g/mol. The van der Waals surface area contributed by atoms with Crippen LogP contribution in [0.2, 0.25) is 0 Å². The molecule has 1 aromatic carbocycles. The maximum Gasteiger partial charge on any atom is 0.223 e. The number of piperidine rings is 1. The summed E-state index contributed by atoms with van der Waals surface area (Å²) in [5.41, 5.74) is 8.25. The first-order chi connectivity index (χ1) is 9.59. The van der Waals surface area contributed by atoms with Crippen molar-refractivity contribution in [3.05, 3.63) is 35.4 Å². The van der Waals surface area contributed by atoms with Crippen LogP contribution < -0.4 is 5.73 Å². The summed E-state index contributed by atoms with van der Waals surface area (Å²) in [6, 6.07) is 8.17. The summed E-state index contributed by atoms with van der Waals surface area (Å²) in [4.78, 5) is 14.7. The molecule has 20 heavy (non-hydrogen) atoms. The Bertz CT molecular complexity index is 501. The Kier molecular flexibility index (Phi) is 5.12. The van der Waals surface area contributed by atoms with Crippen LogP contribution in [0.5, 0.6) is 0 Å². The number of benzene rings is 1. The molecule has 1 fully saturated rings. The van der Waals surface area contributed by atoms with Gasteiger partial charge in [-0.2, -0.15) is 0 Å². The van der Waals surface area contributed by atoms with Gasteiger partial charge in [0.25, 0.3) is 0 Å². The van der Waals surface area contributed by atoms with Crippen molar-refractivity contribution in [3.8, 4) is 0 Å². The van der Waals surface area contributed by atoms with Crippen molar-refractivity contribution in [1.29, 1.82) is 0 Å². The highest BCUT2D eigenvalue weighted by Gasteiger charge is 2.28. The quantitative estimate of drug-likeness (QED) is 0.867. The molecule has 4 heteroatoms. The van der Waals surface area contributed by atoms with Gasteiger partial charge in [0.1, 0.15) is 0 Å². The molecule has 0 bridgehead atoms. The molecular weight excluding hydrogens is 268 g/mol. The van der Waals surface area contributed by atoms with Gasteiger partial charge in [-0.15, -0.1) is 0 Å². The third-order valence-electron chi connectivity index (χ3n) is 4.02. The number of rotatable bonds is 4. The van der Waals surface area contributed by atoms with Gasteiger partial charge in [-0.1, -0.05) is 36.5 Å². The fraction of sp³-hybridized carbons (Fsp3) is 0.500. The minimum Gasteiger partial charge on any atom is -0.392 e. The Balaban J connectivity index is 1.97. The van der Waals surface area contributed by atoms with Crippen molar-refractivity contribution in [2.75, 3.05) is 6.54 Å². The molecule has 1 saturated heterocycles. The minimum absolute atomic E-state index is 0.0388. The Morgan fingerprint density at radius 2 is 2.15 bits per heavy atom. The molecule has 0 aliphatic carbocycles. The number of thiocarbonyl (C=S) groups is 1. The van der Waals surface area contributed by atoms with Gasteiger partial charge in [-0.3, -0.25) is 4.79 Å². The van der Waals surface area contributed by atoms with Crippen molar-refractivity contribution >= 4 is 23.1 Å². The first-order valence-corrected chi connectivity index (χ1v) is 7.63. The Hall–Kier alpha value is -1.42. The smallest absolute Gasteiger partial charge is 0.223 e. The average Bonchev–Trinajstić information content (AvgIpc) is 2.46. The molecule has 1 aromatic rings. The van der Waals surface area contributed by atoms with Crippen LogP contribution in [0.25, 0.3) is 0 Å². The van der Waals surface area contributed by atoms with E-state index in [2.05, 4.69) is 19.1 Å². The second kappa shape index (κ2) is 6.84. The first kappa shape index (κ1) is 15.0. The zero-order valence-electron chi connectivity index (χ0n) is 12.0. The van der Waals surface area contributed by atoms with Gasteiger partial charge < -0.3 is 10.6 Å². The van der Waals surface area contributed by atoms with E-state index in [0.717, 1.165) is 32.2 Å². The summed E-state index contributed by atoms with van der Waals surface area (Å²) in [5, 5.41) is 0. The van der Waals surface area contributed by atoms with Crippen molar-refractivity contribution in [3.63, 3.8) is 0 Å². The second-order valence-electron chi connectivity index (χ2n) is 5.43. The molecule has 1 aliphatic heterocycles. The van der Waals surface area contributed by atoms with E-state index in [-0.39, 0.29) is 11.9 Å². The van der Waals surface area contributed by atoms with Crippen LogP contribution in [-0.2, 0) is 11.2 Å². The number of amides is 1. The number of carbonyl (C=O) groups excluding carboxylic acids is 1. The highest BCUT2D eigenvalue weighted by molar-refractivity contribution is 7.80. The van der Waals surface area contributed by atoms with E-state index in [1.165, 1.54) is 11.1 Å². The van der Waals surface area contributed by atoms with Crippen LogP contribution in [0.15, 0.2) is 24.3 Å². The SMILES string of the molecule is Cc1ccccc1CCC(=O)N1CCCCC1C(N)=S. The molecule has 2 rings (SSSR count). The largest absolute Gasteiger partial charge is 0.392 e. The van der Waals surface area contributed by atoms with Crippen LogP contribution in [0.3, 0.4) is 0 Å². The third-order valence-corrected chi connectivity index (χ3v) is 4.29. The lowest BCUT2D eigenvalue weighted by Gasteiger charge is -2.35. The second-order valence-corrected chi connectivity index (χ2v) is 5.90. The van der Waals surface area contributed by atoms with Gasteiger partial charge in [0.05, 0.1) is 11.0 Å². The topological polar surface area (TPSA) is 46.3 Å². The Labute approximate surface area is 126 Å². The van der Waals surface area contributed by atoms with E-state index >= 15 is 0 Å². The molecule has 1 heterocycles. The van der Waals surface area contributed by atoms with Crippen LogP contribution in [0, 0.1) is 6.92 Å². The van der Waals surface area contributed by atoms with Crippen molar-refractivity contribution in [2.45, 2.75) is 45.1 Å². The normalized spacial score (nSPS) is 18.9. The number of aryl methyl sites for hydroxylation is 2. The fourth-order valence-corrected chi connectivity index (χ4v) is 3.05. The molecule has 0 aromatic heterocycles. The Morgan fingerprint density at radius 1 is 1.40 bits per heavy atom. The summed E-state index contributed by atoms with van der Waals surface area (Å²) in [7, 11) is 0. The molecule has 0 saturated carbocycles. The maximum absolute atomic E-state index is 12.4. The highest BCUT2D eigenvalue weighted by atomic mass is 32.1. The van der Waals surface area contributed by atoms with E-state index in [1.54, 1.807) is 0 Å². The van der Waals surface area contributed by atoms with E-state index in [4.69, 9.17) is 18.0 Å². The van der Waals surface area contributed by atoms with Crippen LogP contribution in [0.4, 0.5) is 0 Å². The Morgan fingerprint density at radius 3 is 2.85 bits per heavy atom. The summed E-state index contributed by atoms with van der Waals surface area (Å²) in [6.07, 6.45) is 4.38. The lowest BCUT2D eigenvalue weighted by atomic mass is 9.99. The van der Waals surface area contributed by atoms with Gasteiger partial charge in [-0.05, 0) is 43.7 Å². The molecule has 0 spiro atoms. The summed E-state index contributed by atoms with van der Waals surface area (Å²) >= 11 is 5.09. The lowest BCUT2D eigenvalue weighted by Crippen LogP contribution is -2.49. The van der Waals surface area contributed by atoms with Gasteiger partial charge >= 0.3 is 0 Å². The van der Waals surface area contributed by atoms with E-state index in [9.17, 15) is 4.79 Å². The molecule has 2 N–H and O–H groups in total. The predicted octanol–water partition coefficient (Wildman–Crippen LogP) is 2.59. The van der Waals surface area contributed by atoms with E-state index in [1.807, 2.05) is 17.0 Å². The monoisotopic (exact) mass is 290 g/mol. The molecular formula is C16H22N2OS. The van der Waals surface area contributed by atoms with Crippen LogP contribution in [-0.4, -0.2) is 28.4 Å². The van der Waals surface area contributed by atoms with Crippen LogP contribution in [0.1, 0.15) is 36.8 Å². The summed E-state index contributed by atoms with van der Waals surface area (Å²) in [5.74, 6) is 0.172. The van der Waals surface area contributed by atoms with Gasteiger partial charge in [0.2, 0.25) is 5.91 Å². The molecule has 1 aliphatic rings. The number of nitrogens with two attached hydrogens (primary N) is 1. The summed E-state index contributed by atoms with van der Waals surface area (Å²) < 4.78 is 0. The molecule has 1 amide bonds. The van der Waals surface area contributed by atoms with Crippen LogP contribution >= 0.6 is 12.2 Å². The number of hydrogen-bond acceptors (Lipinski definition) is 2. The number of nitrogens with zero attached hydrogens (tertiary/aromatic N) is 1. The zero-order chi connectivity index (χ0) is 14.5. The third kappa shape index (κ3) is 3.57. The van der Waals surface area contributed by atoms with Crippen molar-refractivity contribution in [2.24, 2.45) is 5.73 Å². The maximum atomic E-state index is 12.4. The van der Waals surface area contributed by atoms with E-state index < -0.39 is 0 Å². The van der Waals surface area contributed by atoms with Gasteiger partial charge in [-0.25, -0.2) is 0 Å². The van der Waals surface area contributed by atoms with Crippen molar-refractivity contribution in [1.82, 2.24) is 4.90 Å².